The van der Waals surface area contributed by atoms with Crippen LogP contribution in [0.15, 0.2) is 18.3 Å². The molecule has 0 amide bonds. The summed E-state index contributed by atoms with van der Waals surface area (Å²) in [5, 5.41) is 7.14. The quantitative estimate of drug-likeness (QED) is 0.474. The fraction of sp³-hybridized carbons (Fsp3) is 0.143. The lowest BCUT2D eigenvalue weighted by atomic mass is 10.2. The van der Waals surface area contributed by atoms with Crippen molar-refractivity contribution in [2.75, 3.05) is 7.11 Å². The van der Waals surface area contributed by atoms with Crippen LogP contribution in [0.5, 0.6) is 5.88 Å². The van der Waals surface area contributed by atoms with E-state index in [0.717, 1.165) is 0 Å². The van der Waals surface area contributed by atoms with Gasteiger partial charge in [-0.15, -0.1) is 0 Å². The van der Waals surface area contributed by atoms with Gasteiger partial charge in [0.2, 0.25) is 5.88 Å². The van der Waals surface area contributed by atoms with Crippen molar-refractivity contribution in [3.05, 3.63) is 23.9 Å². The van der Waals surface area contributed by atoms with E-state index >= 15 is 0 Å². The minimum Gasteiger partial charge on any atom is -0.480 e. The zero-order chi connectivity index (χ0) is 8.27. The molecule has 0 spiro atoms. The summed E-state index contributed by atoms with van der Waals surface area (Å²) in [5.41, 5.74) is 5.78. The van der Waals surface area contributed by atoms with E-state index in [0.29, 0.717) is 11.4 Å². The van der Waals surface area contributed by atoms with E-state index in [2.05, 4.69) is 4.98 Å². The number of nitrogens with one attached hydrogen (secondary N) is 1. The van der Waals surface area contributed by atoms with E-state index in [4.69, 9.17) is 15.9 Å². The fourth-order valence-electron chi connectivity index (χ4n) is 0.758. The average Bonchev–Trinajstić information content (AvgIpc) is 2.04. The average molecular weight is 151 g/mol. The van der Waals surface area contributed by atoms with E-state index in [-0.39, 0.29) is 5.84 Å². The normalized spacial score (nSPS) is 9.18. The van der Waals surface area contributed by atoms with Gasteiger partial charge in [-0.05, 0) is 12.1 Å². The number of nitrogen functional groups attached to an aromatic ring is 1. The van der Waals surface area contributed by atoms with Gasteiger partial charge in [0.25, 0.3) is 0 Å². The Balaban J connectivity index is 3.12. The van der Waals surface area contributed by atoms with Crippen molar-refractivity contribution in [1.82, 2.24) is 4.98 Å². The van der Waals surface area contributed by atoms with E-state index in [1.165, 1.54) is 7.11 Å². The molecule has 0 aliphatic heterocycles. The standard InChI is InChI=1S/C7H9N3O/c1-11-7-5(6(8)9)3-2-4-10-7/h2-4H,1H3,(H3,8,9). The molecule has 0 atom stereocenters. The van der Waals surface area contributed by atoms with Crippen LogP contribution in [0.3, 0.4) is 0 Å². The number of rotatable bonds is 2. The smallest absolute Gasteiger partial charge is 0.224 e. The first-order valence-electron chi connectivity index (χ1n) is 3.09. The molecule has 0 bridgehead atoms. The predicted octanol–water partition coefficient (Wildman–Crippen LogP) is 0.374. The molecule has 1 aromatic heterocycles. The molecule has 0 saturated heterocycles. The van der Waals surface area contributed by atoms with Crippen molar-refractivity contribution in [2.45, 2.75) is 0 Å². The van der Waals surface area contributed by atoms with Crippen molar-refractivity contribution in [1.29, 1.82) is 5.41 Å². The van der Waals surface area contributed by atoms with Crippen LogP contribution in [0.2, 0.25) is 0 Å². The summed E-state index contributed by atoms with van der Waals surface area (Å²) in [6.07, 6.45) is 1.59. The Kier molecular flexibility index (Phi) is 2.06. The topological polar surface area (TPSA) is 72.0 Å². The molecular formula is C7H9N3O. The molecule has 1 aromatic rings. The number of aromatic nitrogens is 1. The third kappa shape index (κ3) is 1.46. The molecule has 4 nitrogen and oxygen atoms in total. The van der Waals surface area contributed by atoms with Crippen molar-refractivity contribution >= 4 is 5.84 Å². The van der Waals surface area contributed by atoms with Gasteiger partial charge >= 0.3 is 0 Å². The molecule has 0 aliphatic rings. The Morgan fingerprint density at radius 2 is 2.45 bits per heavy atom. The maximum atomic E-state index is 7.14. The van der Waals surface area contributed by atoms with Crippen LogP contribution in [0.1, 0.15) is 5.56 Å². The molecule has 58 valence electrons. The maximum absolute atomic E-state index is 7.14. The Morgan fingerprint density at radius 3 is 2.91 bits per heavy atom. The second kappa shape index (κ2) is 3.01. The SMILES string of the molecule is COc1ncccc1C(=N)N. The lowest BCUT2D eigenvalue weighted by Gasteiger charge is -2.03. The van der Waals surface area contributed by atoms with E-state index in [9.17, 15) is 0 Å². The molecule has 0 fully saturated rings. The second-order valence-corrected chi connectivity index (χ2v) is 1.97. The lowest BCUT2D eigenvalue weighted by molar-refractivity contribution is 0.397. The number of ether oxygens (including phenoxy) is 1. The number of methoxy groups -OCH3 is 1. The lowest BCUT2D eigenvalue weighted by Crippen LogP contribution is -2.12. The van der Waals surface area contributed by atoms with Gasteiger partial charge in [0.15, 0.2) is 0 Å². The molecule has 0 aliphatic carbocycles. The molecule has 4 heteroatoms. The van der Waals surface area contributed by atoms with Gasteiger partial charge < -0.3 is 10.5 Å². The Morgan fingerprint density at radius 1 is 1.73 bits per heavy atom. The molecule has 0 saturated carbocycles. The summed E-state index contributed by atoms with van der Waals surface area (Å²) in [6.45, 7) is 0. The van der Waals surface area contributed by atoms with Crippen molar-refractivity contribution in [3.8, 4) is 5.88 Å². The fourth-order valence-corrected chi connectivity index (χ4v) is 0.758. The van der Waals surface area contributed by atoms with Gasteiger partial charge in [0, 0.05) is 6.20 Å². The number of nitrogens with two attached hydrogens (primary N) is 1. The summed E-state index contributed by atoms with van der Waals surface area (Å²) in [4.78, 5) is 3.88. The number of pyridine rings is 1. The van der Waals surface area contributed by atoms with Crippen LogP contribution in [0.25, 0.3) is 0 Å². The molecular weight excluding hydrogens is 142 g/mol. The van der Waals surface area contributed by atoms with E-state index < -0.39 is 0 Å². The zero-order valence-electron chi connectivity index (χ0n) is 6.16. The highest BCUT2D eigenvalue weighted by Gasteiger charge is 2.03. The summed E-state index contributed by atoms with van der Waals surface area (Å²) in [6, 6.07) is 3.40. The van der Waals surface area contributed by atoms with Crippen molar-refractivity contribution < 1.29 is 4.74 Å². The Labute approximate surface area is 64.5 Å². The minimum absolute atomic E-state index is 0.0325. The third-order valence-corrected chi connectivity index (χ3v) is 1.25. The monoisotopic (exact) mass is 151 g/mol. The van der Waals surface area contributed by atoms with E-state index in [1.54, 1.807) is 18.3 Å². The summed E-state index contributed by atoms with van der Waals surface area (Å²) in [7, 11) is 1.49. The first kappa shape index (κ1) is 7.53. The van der Waals surface area contributed by atoms with Gasteiger partial charge in [-0.2, -0.15) is 0 Å². The number of hydrogen-bond donors (Lipinski definition) is 2. The minimum atomic E-state index is -0.0325. The molecule has 0 unspecified atom stereocenters. The maximum Gasteiger partial charge on any atom is 0.224 e. The van der Waals surface area contributed by atoms with E-state index in [1.807, 2.05) is 0 Å². The van der Waals surface area contributed by atoms with Crippen LogP contribution in [0, 0.1) is 5.41 Å². The second-order valence-electron chi connectivity index (χ2n) is 1.97. The summed E-state index contributed by atoms with van der Waals surface area (Å²) >= 11 is 0. The number of nitrogens with zero attached hydrogens (tertiary/aromatic N) is 1. The highest BCUT2D eigenvalue weighted by atomic mass is 16.5. The molecule has 0 radical (unpaired) electrons. The molecule has 11 heavy (non-hydrogen) atoms. The van der Waals surface area contributed by atoms with Gasteiger partial charge in [-0.3, -0.25) is 5.41 Å². The largest absolute Gasteiger partial charge is 0.480 e. The summed E-state index contributed by atoms with van der Waals surface area (Å²) < 4.78 is 4.87. The highest BCUT2D eigenvalue weighted by molar-refractivity contribution is 5.96. The number of amidine groups is 1. The molecule has 1 heterocycles. The van der Waals surface area contributed by atoms with Gasteiger partial charge in [0.05, 0.1) is 12.7 Å². The third-order valence-electron chi connectivity index (χ3n) is 1.25. The van der Waals surface area contributed by atoms with Crippen LogP contribution < -0.4 is 10.5 Å². The number of hydrogen-bond acceptors (Lipinski definition) is 3. The summed E-state index contributed by atoms with van der Waals surface area (Å²) in [5.74, 6) is 0.356. The van der Waals surface area contributed by atoms with Gasteiger partial charge in [-0.25, -0.2) is 4.98 Å². The van der Waals surface area contributed by atoms with Crippen LogP contribution in [0.4, 0.5) is 0 Å². The molecule has 3 N–H and O–H groups in total. The highest BCUT2D eigenvalue weighted by Crippen LogP contribution is 2.11. The first-order valence-corrected chi connectivity index (χ1v) is 3.09. The first-order chi connectivity index (χ1) is 5.25. The van der Waals surface area contributed by atoms with Gasteiger partial charge in [0.1, 0.15) is 5.84 Å². The van der Waals surface area contributed by atoms with Crippen LogP contribution in [-0.4, -0.2) is 17.9 Å². The van der Waals surface area contributed by atoms with Crippen molar-refractivity contribution in [2.24, 2.45) is 5.73 Å². The zero-order valence-corrected chi connectivity index (χ0v) is 6.16. The predicted molar refractivity (Wildman–Crippen MR) is 41.8 cm³/mol. The van der Waals surface area contributed by atoms with Crippen molar-refractivity contribution in [3.63, 3.8) is 0 Å². The Bertz CT molecular complexity index is 272. The molecule has 1 rings (SSSR count). The van der Waals surface area contributed by atoms with Gasteiger partial charge in [-0.1, -0.05) is 0 Å². The molecule has 0 aromatic carbocycles. The van der Waals surface area contributed by atoms with Crippen LogP contribution in [-0.2, 0) is 0 Å². The van der Waals surface area contributed by atoms with Crippen LogP contribution >= 0.6 is 0 Å². The Hall–Kier alpha value is -1.58.